The SMILES string of the molecule is CCCC/C=C/CC/C=C/C(O)C(COC1OC(CO)C(OC2OC(CO)C(O)C(O)C2O)C(O)C1O)NC(=O)CCCCCCCCCCCCCCCCCCCCCCCCCCCCCCCCC. The van der Waals surface area contributed by atoms with Crippen molar-refractivity contribution in [3.05, 3.63) is 24.3 Å². The van der Waals surface area contributed by atoms with Crippen molar-refractivity contribution < 1.29 is 64.6 Å². The summed E-state index contributed by atoms with van der Waals surface area (Å²) in [4.78, 5) is 13.2. The third-order valence-corrected chi connectivity index (χ3v) is 14.9. The number of ether oxygens (including phenoxy) is 4. The van der Waals surface area contributed by atoms with Crippen LogP contribution < -0.4 is 5.32 Å². The highest BCUT2D eigenvalue weighted by molar-refractivity contribution is 5.76. The number of aliphatic hydroxyl groups is 8. The fraction of sp³-hybridized carbons (Fsp3) is 0.915. The van der Waals surface area contributed by atoms with Crippen molar-refractivity contribution in [3.8, 4) is 0 Å². The third-order valence-electron chi connectivity index (χ3n) is 14.9. The number of carbonyl (C=O) groups is 1. The van der Waals surface area contributed by atoms with Gasteiger partial charge in [-0.2, -0.15) is 0 Å². The lowest BCUT2D eigenvalue weighted by Gasteiger charge is -2.46. The molecule has 2 heterocycles. The number of aliphatic hydroxyl groups excluding tert-OH is 8. The summed E-state index contributed by atoms with van der Waals surface area (Å²) in [6, 6.07) is -0.925. The number of amides is 1. The first kappa shape index (κ1) is 67.6. The molecule has 12 atom stereocenters. The normalized spacial score (nSPS) is 25.5. The third kappa shape index (κ3) is 31.5. The molecule has 14 heteroatoms. The van der Waals surface area contributed by atoms with Gasteiger partial charge in [-0.3, -0.25) is 4.79 Å². The Balaban J connectivity index is 1.59. The highest BCUT2D eigenvalue weighted by atomic mass is 16.7. The molecule has 14 nitrogen and oxygen atoms in total. The Morgan fingerprint density at radius 2 is 0.877 bits per heavy atom. The standard InChI is InChI=1S/C59H111NO13/c1-3-5-7-9-11-13-14-15-16-17-18-19-20-21-22-23-24-25-26-27-28-29-30-31-32-33-34-35-37-39-41-43-51(64)60-47(48(63)42-40-38-36-12-10-8-6-4-2)46-70-58-56(69)54(67)57(50(45-62)72-58)73-59-55(68)53(66)52(65)49(44-61)71-59/h10,12,40,42,47-50,52-59,61-63,65-69H,3-9,11,13-39,41,43-46H2,1-2H3,(H,60,64)/b12-10+,42-40+. The van der Waals surface area contributed by atoms with Crippen LogP contribution in [0.15, 0.2) is 24.3 Å². The summed E-state index contributed by atoms with van der Waals surface area (Å²) in [6.45, 7) is 2.71. The van der Waals surface area contributed by atoms with Gasteiger partial charge >= 0.3 is 0 Å². The molecule has 0 spiro atoms. The minimum Gasteiger partial charge on any atom is -0.394 e. The summed E-state index contributed by atoms with van der Waals surface area (Å²) in [5.41, 5.74) is 0. The van der Waals surface area contributed by atoms with Gasteiger partial charge in [0.2, 0.25) is 5.91 Å². The van der Waals surface area contributed by atoms with E-state index in [9.17, 15) is 45.6 Å². The number of carbonyl (C=O) groups excluding carboxylic acids is 1. The highest BCUT2D eigenvalue weighted by Crippen LogP contribution is 2.30. The number of nitrogens with one attached hydrogen (secondary N) is 1. The minimum atomic E-state index is -1.79. The van der Waals surface area contributed by atoms with Gasteiger partial charge in [-0.1, -0.05) is 244 Å². The number of allylic oxidation sites excluding steroid dienone is 3. The molecule has 0 saturated carbocycles. The van der Waals surface area contributed by atoms with Crippen molar-refractivity contribution in [1.82, 2.24) is 5.32 Å². The maximum Gasteiger partial charge on any atom is 0.220 e. The summed E-state index contributed by atoms with van der Waals surface area (Å²) < 4.78 is 22.7. The van der Waals surface area contributed by atoms with Crippen molar-refractivity contribution in [2.45, 2.75) is 325 Å². The lowest BCUT2D eigenvalue weighted by Crippen LogP contribution is -2.65. The van der Waals surface area contributed by atoms with Crippen LogP contribution in [-0.2, 0) is 23.7 Å². The molecule has 430 valence electrons. The Morgan fingerprint density at radius 3 is 1.33 bits per heavy atom. The molecule has 2 rings (SSSR count). The zero-order valence-electron chi connectivity index (χ0n) is 46.1. The minimum absolute atomic E-state index is 0.248. The van der Waals surface area contributed by atoms with Gasteiger partial charge in [0, 0.05) is 6.42 Å². The zero-order chi connectivity index (χ0) is 53.2. The molecule has 2 aliphatic rings. The average Bonchev–Trinajstić information content (AvgIpc) is 3.39. The van der Waals surface area contributed by atoms with Crippen LogP contribution in [0.3, 0.4) is 0 Å². The quantitative estimate of drug-likeness (QED) is 0.0204. The van der Waals surface area contributed by atoms with Gasteiger partial charge in [0.15, 0.2) is 12.6 Å². The Bertz CT molecular complexity index is 1320. The molecule has 2 aliphatic heterocycles. The highest BCUT2D eigenvalue weighted by Gasteiger charge is 2.51. The maximum atomic E-state index is 13.2. The largest absolute Gasteiger partial charge is 0.394 e. The zero-order valence-corrected chi connectivity index (χ0v) is 46.1. The molecule has 2 saturated heterocycles. The van der Waals surface area contributed by atoms with E-state index in [1.54, 1.807) is 6.08 Å². The van der Waals surface area contributed by atoms with Crippen LogP contribution >= 0.6 is 0 Å². The van der Waals surface area contributed by atoms with Crippen LogP contribution in [0.5, 0.6) is 0 Å². The topological polar surface area (TPSA) is 228 Å². The predicted molar refractivity (Wildman–Crippen MR) is 291 cm³/mol. The fourth-order valence-corrected chi connectivity index (χ4v) is 10.0. The molecule has 0 aromatic rings. The average molecular weight is 1040 g/mol. The molecule has 0 aromatic carbocycles. The fourth-order valence-electron chi connectivity index (χ4n) is 10.0. The van der Waals surface area contributed by atoms with E-state index >= 15 is 0 Å². The van der Waals surface area contributed by atoms with E-state index in [2.05, 4.69) is 31.3 Å². The van der Waals surface area contributed by atoms with Gasteiger partial charge in [-0.25, -0.2) is 0 Å². The van der Waals surface area contributed by atoms with Crippen LogP contribution in [0.1, 0.15) is 251 Å². The molecule has 73 heavy (non-hydrogen) atoms. The monoisotopic (exact) mass is 1040 g/mol. The molecule has 0 aromatic heterocycles. The molecular weight excluding hydrogens is 931 g/mol. The van der Waals surface area contributed by atoms with E-state index in [0.29, 0.717) is 12.8 Å². The van der Waals surface area contributed by atoms with Gasteiger partial charge < -0.3 is 65.1 Å². The van der Waals surface area contributed by atoms with Crippen molar-refractivity contribution in [2.75, 3.05) is 19.8 Å². The Kier molecular flexibility index (Phi) is 42.1. The molecule has 0 bridgehead atoms. The molecule has 12 unspecified atom stereocenters. The first-order chi connectivity index (χ1) is 35.6. The molecule has 0 aliphatic carbocycles. The van der Waals surface area contributed by atoms with Crippen LogP contribution in [0, 0.1) is 0 Å². The smallest absolute Gasteiger partial charge is 0.220 e. The van der Waals surface area contributed by atoms with Crippen molar-refractivity contribution >= 4 is 5.91 Å². The molecule has 0 radical (unpaired) electrons. The maximum absolute atomic E-state index is 13.2. The molecular formula is C59H111NO13. The van der Waals surface area contributed by atoms with Crippen molar-refractivity contribution in [2.24, 2.45) is 0 Å². The van der Waals surface area contributed by atoms with E-state index in [0.717, 1.165) is 44.9 Å². The first-order valence-electron chi connectivity index (χ1n) is 30.1. The van der Waals surface area contributed by atoms with Crippen LogP contribution in [0.25, 0.3) is 0 Å². The number of unbranched alkanes of at least 4 members (excludes halogenated alkanes) is 33. The predicted octanol–water partition coefficient (Wildman–Crippen LogP) is 10.1. The second kappa shape index (κ2) is 45.5. The van der Waals surface area contributed by atoms with E-state index in [4.69, 9.17) is 18.9 Å². The summed E-state index contributed by atoms with van der Waals surface area (Å²) in [6.07, 6.45) is 37.2. The number of hydrogen-bond acceptors (Lipinski definition) is 13. The lowest BCUT2D eigenvalue weighted by molar-refractivity contribution is -0.359. The second-order valence-corrected chi connectivity index (χ2v) is 21.5. The second-order valence-electron chi connectivity index (χ2n) is 21.5. The van der Waals surface area contributed by atoms with E-state index < -0.39 is 86.8 Å². The summed E-state index contributed by atoms with van der Waals surface area (Å²) in [7, 11) is 0. The summed E-state index contributed by atoms with van der Waals surface area (Å²) in [5.74, 6) is -0.248. The van der Waals surface area contributed by atoms with Crippen LogP contribution in [0.2, 0.25) is 0 Å². The van der Waals surface area contributed by atoms with Crippen LogP contribution in [0.4, 0.5) is 0 Å². The van der Waals surface area contributed by atoms with E-state index in [1.165, 1.54) is 173 Å². The van der Waals surface area contributed by atoms with Gasteiger partial charge in [-0.05, 0) is 25.7 Å². The van der Waals surface area contributed by atoms with Crippen molar-refractivity contribution in [1.29, 1.82) is 0 Å². The molecule has 1 amide bonds. The number of hydrogen-bond donors (Lipinski definition) is 9. The van der Waals surface area contributed by atoms with Gasteiger partial charge in [0.05, 0.1) is 32.0 Å². The Morgan fingerprint density at radius 1 is 0.479 bits per heavy atom. The summed E-state index contributed by atoms with van der Waals surface area (Å²) in [5, 5.41) is 86.6. The molecule has 2 fully saturated rings. The Labute approximate surface area is 443 Å². The molecule has 9 N–H and O–H groups in total. The Hall–Kier alpha value is -1.53. The number of rotatable bonds is 48. The lowest BCUT2D eigenvalue weighted by atomic mass is 9.97. The summed E-state index contributed by atoms with van der Waals surface area (Å²) >= 11 is 0. The first-order valence-corrected chi connectivity index (χ1v) is 30.1. The van der Waals surface area contributed by atoms with Crippen molar-refractivity contribution in [3.63, 3.8) is 0 Å². The van der Waals surface area contributed by atoms with Gasteiger partial charge in [-0.15, -0.1) is 0 Å². The van der Waals surface area contributed by atoms with Crippen LogP contribution in [-0.4, -0.2) is 140 Å². The van der Waals surface area contributed by atoms with Gasteiger partial charge in [0.25, 0.3) is 0 Å². The van der Waals surface area contributed by atoms with E-state index in [-0.39, 0.29) is 18.9 Å². The van der Waals surface area contributed by atoms with E-state index in [1.807, 2.05) is 6.08 Å². The van der Waals surface area contributed by atoms with Gasteiger partial charge in [0.1, 0.15) is 48.8 Å².